The predicted molar refractivity (Wildman–Crippen MR) is 74.4 cm³/mol. The van der Waals surface area contributed by atoms with E-state index in [0.717, 1.165) is 18.8 Å². The SMILES string of the molecule is CC1CN(Cc2cccc(C(=O)N3CC(F)C(F)C3)n2)C1. The van der Waals surface area contributed by atoms with Crippen LogP contribution >= 0.6 is 0 Å². The molecule has 2 aliphatic rings. The van der Waals surface area contributed by atoms with Crippen molar-refractivity contribution in [2.45, 2.75) is 25.8 Å². The van der Waals surface area contributed by atoms with Crippen LogP contribution in [0.1, 0.15) is 23.1 Å². The summed E-state index contributed by atoms with van der Waals surface area (Å²) in [4.78, 5) is 20.0. The minimum Gasteiger partial charge on any atom is -0.331 e. The number of hydrogen-bond acceptors (Lipinski definition) is 3. The van der Waals surface area contributed by atoms with Crippen LogP contribution in [-0.4, -0.2) is 59.2 Å². The largest absolute Gasteiger partial charge is 0.331 e. The summed E-state index contributed by atoms with van der Waals surface area (Å²) in [6, 6.07) is 5.25. The number of likely N-dealkylation sites (tertiary alicyclic amines) is 2. The molecule has 2 atom stereocenters. The Balaban J connectivity index is 1.66. The van der Waals surface area contributed by atoms with Crippen molar-refractivity contribution in [3.05, 3.63) is 29.6 Å². The van der Waals surface area contributed by atoms with E-state index in [4.69, 9.17) is 0 Å². The molecule has 21 heavy (non-hydrogen) atoms. The number of alkyl halides is 2. The van der Waals surface area contributed by atoms with Crippen molar-refractivity contribution in [1.82, 2.24) is 14.8 Å². The number of carbonyl (C=O) groups excluding carboxylic acids is 1. The summed E-state index contributed by atoms with van der Waals surface area (Å²) in [5.74, 6) is 0.319. The Morgan fingerprint density at radius 1 is 1.24 bits per heavy atom. The van der Waals surface area contributed by atoms with E-state index < -0.39 is 18.3 Å². The summed E-state index contributed by atoms with van der Waals surface area (Å²) in [5, 5.41) is 0. The average Bonchev–Trinajstić information content (AvgIpc) is 2.76. The Morgan fingerprint density at radius 3 is 2.52 bits per heavy atom. The molecule has 0 aromatic carbocycles. The number of hydrogen-bond donors (Lipinski definition) is 0. The summed E-state index contributed by atoms with van der Waals surface area (Å²) < 4.78 is 26.4. The molecule has 0 aliphatic carbocycles. The van der Waals surface area contributed by atoms with Gasteiger partial charge >= 0.3 is 0 Å². The molecule has 2 fully saturated rings. The number of amides is 1. The molecular weight excluding hydrogens is 276 g/mol. The first-order chi connectivity index (χ1) is 10.0. The van der Waals surface area contributed by atoms with Crippen LogP contribution < -0.4 is 0 Å². The molecule has 2 unspecified atom stereocenters. The minimum atomic E-state index is -1.58. The molecule has 0 bridgehead atoms. The zero-order valence-corrected chi connectivity index (χ0v) is 12.0. The van der Waals surface area contributed by atoms with Crippen LogP contribution in [0.15, 0.2) is 18.2 Å². The van der Waals surface area contributed by atoms with Crippen molar-refractivity contribution in [3.63, 3.8) is 0 Å². The molecule has 114 valence electrons. The van der Waals surface area contributed by atoms with Crippen LogP contribution in [0.5, 0.6) is 0 Å². The first kappa shape index (κ1) is 14.4. The molecular formula is C15H19F2N3O. The Morgan fingerprint density at radius 2 is 1.90 bits per heavy atom. The van der Waals surface area contributed by atoms with Gasteiger partial charge in [-0.05, 0) is 18.1 Å². The standard InChI is InChI=1S/C15H19F2N3O/c1-10-5-19(6-10)7-11-3-2-4-14(18-11)15(21)20-8-12(16)13(17)9-20/h2-4,10,12-13H,5-9H2,1H3. The third kappa shape index (κ3) is 3.05. The number of nitrogens with zero attached hydrogens (tertiary/aromatic N) is 3. The van der Waals surface area contributed by atoms with E-state index >= 15 is 0 Å². The lowest BCUT2D eigenvalue weighted by Gasteiger charge is -2.36. The van der Waals surface area contributed by atoms with Gasteiger partial charge in [-0.15, -0.1) is 0 Å². The van der Waals surface area contributed by atoms with Gasteiger partial charge in [-0.1, -0.05) is 13.0 Å². The first-order valence-corrected chi connectivity index (χ1v) is 7.28. The maximum absolute atomic E-state index is 13.2. The molecule has 3 rings (SSSR count). The lowest BCUT2D eigenvalue weighted by atomic mass is 10.0. The molecule has 1 aromatic rings. The van der Waals surface area contributed by atoms with Crippen molar-refractivity contribution < 1.29 is 13.6 Å². The Kier molecular flexibility index (Phi) is 3.89. The fourth-order valence-electron chi connectivity index (χ4n) is 2.93. The Hall–Kier alpha value is -1.56. The highest BCUT2D eigenvalue weighted by Crippen LogP contribution is 2.20. The summed E-state index contributed by atoms with van der Waals surface area (Å²) in [6.07, 6.45) is -3.17. The van der Waals surface area contributed by atoms with Gasteiger partial charge in [0, 0.05) is 19.6 Å². The summed E-state index contributed by atoms with van der Waals surface area (Å²) in [5.41, 5.74) is 1.09. The third-order valence-corrected chi connectivity index (χ3v) is 4.02. The molecule has 2 saturated heterocycles. The van der Waals surface area contributed by atoms with E-state index in [9.17, 15) is 13.6 Å². The quantitative estimate of drug-likeness (QED) is 0.851. The van der Waals surface area contributed by atoms with Gasteiger partial charge in [-0.25, -0.2) is 13.8 Å². The number of rotatable bonds is 3. The van der Waals surface area contributed by atoms with E-state index in [1.807, 2.05) is 6.07 Å². The Bertz CT molecular complexity index is 523. The lowest BCUT2D eigenvalue weighted by molar-refractivity contribution is 0.0770. The molecule has 6 heteroatoms. The second kappa shape index (κ2) is 5.67. The summed E-state index contributed by atoms with van der Waals surface area (Å²) in [6.45, 7) is 4.62. The monoisotopic (exact) mass is 295 g/mol. The van der Waals surface area contributed by atoms with E-state index in [1.54, 1.807) is 12.1 Å². The highest BCUT2D eigenvalue weighted by atomic mass is 19.2. The highest BCUT2D eigenvalue weighted by Gasteiger charge is 2.36. The van der Waals surface area contributed by atoms with Crippen LogP contribution in [0.4, 0.5) is 8.78 Å². The molecule has 0 saturated carbocycles. The normalized spacial score (nSPS) is 26.9. The van der Waals surface area contributed by atoms with Gasteiger partial charge in [0.1, 0.15) is 5.69 Å². The molecule has 0 spiro atoms. The van der Waals surface area contributed by atoms with Crippen LogP contribution in [0, 0.1) is 5.92 Å². The maximum atomic E-state index is 13.2. The van der Waals surface area contributed by atoms with Crippen LogP contribution in [0.25, 0.3) is 0 Å². The van der Waals surface area contributed by atoms with Gasteiger partial charge in [0.05, 0.1) is 18.8 Å². The van der Waals surface area contributed by atoms with Crippen molar-refractivity contribution in [2.75, 3.05) is 26.2 Å². The maximum Gasteiger partial charge on any atom is 0.272 e. The number of aromatic nitrogens is 1. The van der Waals surface area contributed by atoms with Crippen molar-refractivity contribution in [2.24, 2.45) is 5.92 Å². The zero-order valence-electron chi connectivity index (χ0n) is 12.0. The lowest BCUT2D eigenvalue weighted by Crippen LogP contribution is -2.44. The second-order valence-electron chi connectivity index (χ2n) is 6.06. The molecule has 1 amide bonds. The van der Waals surface area contributed by atoms with Crippen molar-refractivity contribution in [3.8, 4) is 0 Å². The average molecular weight is 295 g/mol. The summed E-state index contributed by atoms with van der Waals surface area (Å²) in [7, 11) is 0. The molecule has 2 aliphatic heterocycles. The highest BCUT2D eigenvalue weighted by molar-refractivity contribution is 5.92. The zero-order chi connectivity index (χ0) is 15.0. The Labute approximate surface area is 122 Å². The van der Waals surface area contributed by atoms with Crippen LogP contribution in [0.2, 0.25) is 0 Å². The van der Waals surface area contributed by atoms with Crippen molar-refractivity contribution >= 4 is 5.91 Å². The fourth-order valence-corrected chi connectivity index (χ4v) is 2.93. The van der Waals surface area contributed by atoms with Crippen LogP contribution in [-0.2, 0) is 6.54 Å². The molecule has 0 radical (unpaired) electrons. The predicted octanol–water partition coefficient (Wildman–Crippen LogP) is 1.67. The fraction of sp³-hybridized carbons (Fsp3) is 0.600. The van der Waals surface area contributed by atoms with E-state index in [0.29, 0.717) is 12.5 Å². The topological polar surface area (TPSA) is 36.4 Å². The van der Waals surface area contributed by atoms with E-state index in [-0.39, 0.29) is 18.8 Å². The molecule has 0 N–H and O–H groups in total. The smallest absolute Gasteiger partial charge is 0.272 e. The minimum absolute atomic E-state index is 0.185. The van der Waals surface area contributed by atoms with Crippen molar-refractivity contribution in [1.29, 1.82) is 0 Å². The van der Waals surface area contributed by atoms with Gasteiger partial charge in [0.25, 0.3) is 5.91 Å². The molecule has 1 aromatic heterocycles. The van der Waals surface area contributed by atoms with Gasteiger partial charge in [-0.3, -0.25) is 9.69 Å². The summed E-state index contributed by atoms with van der Waals surface area (Å²) >= 11 is 0. The van der Waals surface area contributed by atoms with Gasteiger partial charge in [-0.2, -0.15) is 0 Å². The van der Waals surface area contributed by atoms with E-state index in [1.165, 1.54) is 4.90 Å². The third-order valence-electron chi connectivity index (χ3n) is 4.02. The van der Waals surface area contributed by atoms with Gasteiger partial charge in [0.2, 0.25) is 0 Å². The number of carbonyl (C=O) groups is 1. The van der Waals surface area contributed by atoms with E-state index in [2.05, 4.69) is 16.8 Å². The first-order valence-electron chi connectivity index (χ1n) is 7.28. The van der Waals surface area contributed by atoms with Gasteiger partial charge in [0.15, 0.2) is 12.3 Å². The number of halogens is 2. The molecule has 4 nitrogen and oxygen atoms in total. The second-order valence-corrected chi connectivity index (χ2v) is 6.06. The van der Waals surface area contributed by atoms with Crippen LogP contribution in [0.3, 0.4) is 0 Å². The number of pyridine rings is 1. The molecule has 3 heterocycles. The van der Waals surface area contributed by atoms with Gasteiger partial charge < -0.3 is 4.90 Å².